The van der Waals surface area contributed by atoms with E-state index < -0.39 is 0 Å². The van der Waals surface area contributed by atoms with Gasteiger partial charge in [-0.3, -0.25) is 4.79 Å². The maximum absolute atomic E-state index is 11.9. The van der Waals surface area contributed by atoms with E-state index in [9.17, 15) is 9.90 Å². The van der Waals surface area contributed by atoms with Gasteiger partial charge in [-0.25, -0.2) is 5.43 Å². The summed E-state index contributed by atoms with van der Waals surface area (Å²) in [6, 6.07) is 16.5. The summed E-state index contributed by atoms with van der Waals surface area (Å²) in [5.41, 5.74) is 3.97. The second-order valence-corrected chi connectivity index (χ2v) is 6.57. The third kappa shape index (κ3) is 4.21. The van der Waals surface area contributed by atoms with Crippen molar-refractivity contribution in [2.45, 2.75) is 6.92 Å². The quantitative estimate of drug-likeness (QED) is 0.488. The molecule has 0 spiro atoms. The highest BCUT2D eigenvalue weighted by Gasteiger charge is 2.06. The van der Waals surface area contributed by atoms with Gasteiger partial charge in [0, 0.05) is 10.0 Å². The Morgan fingerprint density at radius 2 is 2.04 bits per heavy atom. The van der Waals surface area contributed by atoms with Crippen molar-refractivity contribution in [3.8, 4) is 11.5 Å². The summed E-state index contributed by atoms with van der Waals surface area (Å²) in [4.78, 5) is 11.9. The number of aromatic hydroxyl groups is 1. The van der Waals surface area contributed by atoms with Gasteiger partial charge in [-0.05, 0) is 47.5 Å². The van der Waals surface area contributed by atoms with Crippen LogP contribution in [0, 0.1) is 6.92 Å². The van der Waals surface area contributed by atoms with Gasteiger partial charge in [0.25, 0.3) is 5.91 Å². The molecule has 132 valence electrons. The second kappa shape index (κ2) is 8.01. The van der Waals surface area contributed by atoms with Gasteiger partial charge in [-0.2, -0.15) is 5.10 Å². The van der Waals surface area contributed by atoms with Crippen molar-refractivity contribution in [1.29, 1.82) is 0 Å². The molecular weight excluding hydrogens is 396 g/mol. The van der Waals surface area contributed by atoms with E-state index in [-0.39, 0.29) is 18.3 Å². The van der Waals surface area contributed by atoms with Crippen LogP contribution in [0.15, 0.2) is 64.2 Å². The highest BCUT2D eigenvalue weighted by atomic mass is 79.9. The first-order chi connectivity index (χ1) is 12.5. The molecular formula is C20H17BrN2O3. The minimum Gasteiger partial charge on any atom is -0.507 e. The summed E-state index contributed by atoms with van der Waals surface area (Å²) in [5, 5.41) is 15.8. The van der Waals surface area contributed by atoms with Crippen molar-refractivity contribution >= 4 is 38.8 Å². The highest BCUT2D eigenvalue weighted by Crippen LogP contribution is 2.25. The first-order valence-corrected chi connectivity index (χ1v) is 8.75. The van der Waals surface area contributed by atoms with Crippen LogP contribution < -0.4 is 10.2 Å². The van der Waals surface area contributed by atoms with E-state index in [1.165, 1.54) is 6.21 Å². The zero-order chi connectivity index (χ0) is 18.5. The third-order valence-electron chi connectivity index (χ3n) is 3.83. The Hall–Kier alpha value is -2.86. The van der Waals surface area contributed by atoms with Crippen molar-refractivity contribution in [2.24, 2.45) is 5.10 Å². The molecule has 0 unspecified atom stereocenters. The lowest BCUT2D eigenvalue weighted by Gasteiger charge is -2.07. The van der Waals surface area contributed by atoms with Crippen molar-refractivity contribution in [3.05, 3.63) is 70.2 Å². The predicted octanol–water partition coefficient (Wildman–Crippen LogP) is 4.15. The first kappa shape index (κ1) is 17.9. The van der Waals surface area contributed by atoms with E-state index in [1.807, 2.05) is 49.4 Å². The number of hydrogen-bond acceptors (Lipinski definition) is 4. The zero-order valence-electron chi connectivity index (χ0n) is 14.1. The number of nitrogens with zero attached hydrogens (tertiary/aromatic N) is 1. The molecule has 0 heterocycles. The number of benzene rings is 3. The van der Waals surface area contributed by atoms with E-state index in [1.54, 1.807) is 12.1 Å². The number of fused-ring (bicyclic) bond motifs is 1. The number of amides is 1. The molecule has 2 N–H and O–H groups in total. The van der Waals surface area contributed by atoms with E-state index in [2.05, 4.69) is 26.5 Å². The fraction of sp³-hybridized carbons (Fsp3) is 0.100. The van der Waals surface area contributed by atoms with Gasteiger partial charge in [-0.15, -0.1) is 0 Å². The molecule has 0 atom stereocenters. The van der Waals surface area contributed by atoms with Crippen LogP contribution >= 0.6 is 15.9 Å². The Morgan fingerprint density at radius 3 is 2.85 bits per heavy atom. The monoisotopic (exact) mass is 412 g/mol. The summed E-state index contributed by atoms with van der Waals surface area (Å²) >= 11 is 3.41. The molecule has 0 radical (unpaired) electrons. The number of carbonyl (C=O) groups excluding carboxylic acids is 1. The molecule has 0 aromatic heterocycles. The standard InChI is InChI=1S/C20H17BrN2O3/c1-13-10-15(7-8-18(13)21)26-12-20(25)23-22-11-17-16-5-3-2-4-14(16)6-9-19(17)24/h2-11,24H,12H2,1H3,(H,23,25). The molecule has 6 heteroatoms. The fourth-order valence-corrected chi connectivity index (χ4v) is 2.72. The van der Waals surface area contributed by atoms with E-state index in [0.29, 0.717) is 11.3 Å². The number of hydrazone groups is 1. The molecule has 5 nitrogen and oxygen atoms in total. The lowest BCUT2D eigenvalue weighted by Crippen LogP contribution is -2.24. The number of phenolic OH excluding ortho intramolecular Hbond substituents is 1. The smallest absolute Gasteiger partial charge is 0.277 e. The molecule has 0 fully saturated rings. The fourth-order valence-electron chi connectivity index (χ4n) is 2.48. The van der Waals surface area contributed by atoms with E-state index >= 15 is 0 Å². The third-order valence-corrected chi connectivity index (χ3v) is 4.72. The molecule has 0 saturated heterocycles. The lowest BCUT2D eigenvalue weighted by molar-refractivity contribution is -0.123. The normalized spacial score (nSPS) is 11.0. The molecule has 26 heavy (non-hydrogen) atoms. The van der Waals surface area contributed by atoms with Crippen LogP contribution in [-0.4, -0.2) is 23.8 Å². The van der Waals surface area contributed by atoms with E-state index in [0.717, 1.165) is 20.8 Å². The number of hydrogen-bond donors (Lipinski definition) is 2. The molecule has 1 amide bonds. The summed E-state index contributed by atoms with van der Waals surface area (Å²) < 4.78 is 6.42. The largest absolute Gasteiger partial charge is 0.507 e. The average Bonchev–Trinajstić information content (AvgIpc) is 2.64. The second-order valence-electron chi connectivity index (χ2n) is 5.71. The number of halogens is 1. The van der Waals surface area contributed by atoms with Gasteiger partial charge in [0.05, 0.1) is 6.21 Å². The molecule has 3 aromatic carbocycles. The lowest BCUT2D eigenvalue weighted by atomic mass is 10.0. The highest BCUT2D eigenvalue weighted by molar-refractivity contribution is 9.10. The van der Waals surface area contributed by atoms with Gasteiger partial charge < -0.3 is 9.84 Å². The SMILES string of the molecule is Cc1cc(OCC(=O)NN=Cc2c(O)ccc3ccccc23)ccc1Br. The maximum atomic E-state index is 11.9. The van der Waals surface area contributed by atoms with Crippen LogP contribution in [0.3, 0.4) is 0 Å². The number of rotatable bonds is 5. The summed E-state index contributed by atoms with van der Waals surface area (Å²) in [6.45, 7) is 1.79. The van der Waals surface area contributed by atoms with Gasteiger partial charge in [-0.1, -0.05) is 46.3 Å². The van der Waals surface area contributed by atoms with Gasteiger partial charge in [0.15, 0.2) is 6.61 Å². The Morgan fingerprint density at radius 1 is 1.23 bits per heavy atom. The molecule has 3 rings (SSSR count). The van der Waals surface area contributed by atoms with Crippen molar-refractivity contribution < 1.29 is 14.6 Å². The van der Waals surface area contributed by atoms with Crippen LogP contribution in [-0.2, 0) is 4.79 Å². The summed E-state index contributed by atoms with van der Waals surface area (Å²) in [7, 11) is 0. The van der Waals surface area contributed by atoms with E-state index in [4.69, 9.17) is 4.74 Å². The van der Waals surface area contributed by atoms with Crippen LogP contribution in [0.5, 0.6) is 11.5 Å². The van der Waals surface area contributed by atoms with Crippen molar-refractivity contribution in [1.82, 2.24) is 5.43 Å². The van der Waals surface area contributed by atoms with Crippen LogP contribution in [0.2, 0.25) is 0 Å². The number of nitrogens with one attached hydrogen (secondary N) is 1. The number of ether oxygens (including phenoxy) is 1. The van der Waals surface area contributed by atoms with Gasteiger partial charge >= 0.3 is 0 Å². The molecule has 0 aliphatic rings. The van der Waals surface area contributed by atoms with Crippen molar-refractivity contribution in [3.63, 3.8) is 0 Å². The molecule has 0 bridgehead atoms. The molecule has 0 aliphatic heterocycles. The molecule has 3 aromatic rings. The van der Waals surface area contributed by atoms with Crippen LogP contribution in [0.4, 0.5) is 0 Å². The van der Waals surface area contributed by atoms with Gasteiger partial charge in [0.2, 0.25) is 0 Å². The summed E-state index contributed by atoms with van der Waals surface area (Å²) in [6.07, 6.45) is 1.43. The number of carbonyl (C=O) groups is 1. The molecule has 0 aliphatic carbocycles. The van der Waals surface area contributed by atoms with Crippen molar-refractivity contribution in [2.75, 3.05) is 6.61 Å². The Labute approximate surface area is 159 Å². The predicted molar refractivity (Wildman–Crippen MR) is 106 cm³/mol. The number of phenols is 1. The Bertz CT molecular complexity index is 986. The summed E-state index contributed by atoms with van der Waals surface area (Å²) in [5.74, 6) is 0.321. The topological polar surface area (TPSA) is 70.9 Å². The first-order valence-electron chi connectivity index (χ1n) is 7.96. The van der Waals surface area contributed by atoms with Gasteiger partial charge in [0.1, 0.15) is 11.5 Å². The maximum Gasteiger partial charge on any atom is 0.277 e. The minimum atomic E-state index is -0.387. The Balaban J connectivity index is 1.62. The average molecular weight is 413 g/mol. The van der Waals surface area contributed by atoms with Crippen LogP contribution in [0.1, 0.15) is 11.1 Å². The minimum absolute atomic E-state index is 0.100. The molecule has 0 saturated carbocycles. The zero-order valence-corrected chi connectivity index (χ0v) is 15.7. The number of aryl methyl sites for hydroxylation is 1. The van der Waals surface area contributed by atoms with Crippen LogP contribution in [0.25, 0.3) is 10.8 Å². The Kier molecular flexibility index (Phi) is 5.53.